The van der Waals surface area contributed by atoms with E-state index in [1.54, 1.807) is 30.3 Å². The molecule has 2 aromatic rings. The van der Waals surface area contributed by atoms with Crippen molar-refractivity contribution < 1.29 is 29.0 Å². The third kappa shape index (κ3) is 5.87. The number of hydrogen-bond donors (Lipinski definition) is 4. The molecule has 0 unspecified atom stereocenters. The van der Waals surface area contributed by atoms with Crippen LogP contribution >= 0.6 is 7.60 Å². The van der Waals surface area contributed by atoms with Crippen molar-refractivity contribution in [2.75, 3.05) is 24.7 Å². The maximum atomic E-state index is 12.2. The molecule has 0 aliphatic rings. The summed E-state index contributed by atoms with van der Waals surface area (Å²) in [5.74, 6) is -0.476. The minimum Gasteiger partial charge on any atom is -0.394 e. The van der Waals surface area contributed by atoms with Crippen molar-refractivity contribution in [2.24, 2.45) is 0 Å². The van der Waals surface area contributed by atoms with Gasteiger partial charge in [-0.05, 0) is 18.2 Å². The van der Waals surface area contributed by atoms with Crippen molar-refractivity contribution in [3.63, 3.8) is 0 Å². The molecule has 26 heavy (non-hydrogen) atoms. The fraction of sp³-hybridized carbons (Fsp3) is 0.267. The minimum absolute atomic E-state index is 0.0165. The zero-order valence-corrected chi connectivity index (χ0v) is 14.5. The Bertz CT molecular complexity index is 850. The predicted molar refractivity (Wildman–Crippen MR) is 91.9 cm³/mol. The molecule has 0 fully saturated rings. The van der Waals surface area contributed by atoms with Gasteiger partial charge >= 0.3 is 13.3 Å². The van der Waals surface area contributed by atoms with E-state index in [-0.39, 0.29) is 19.0 Å². The van der Waals surface area contributed by atoms with Crippen LogP contribution in [0.3, 0.4) is 0 Å². The van der Waals surface area contributed by atoms with Gasteiger partial charge in [-0.25, -0.2) is 4.79 Å². The number of ether oxygens (including phenoxy) is 1. The van der Waals surface area contributed by atoms with E-state index in [9.17, 15) is 14.2 Å². The molecule has 1 atom stereocenters. The summed E-state index contributed by atoms with van der Waals surface area (Å²) in [4.78, 5) is 46.1. The smallest absolute Gasteiger partial charge is 0.351 e. The number of hydrogen-bond acceptors (Lipinski definition) is 6. The molecule has 2 rings (SSSR count). The number of benzene rings is 1. The fourth-order valence-electron chi connectivity index (χ4n) is 2.09. The molecular weight excluding hydrogens is 365 g/mol. The number of aliphatic hydroxyl groups is 1. The van der Waals surface area contributed by atoms with Crippen molar-refractivity contribution in [1.29, 1.82) is 0 Å². The second kappa shape index (κ2) is 8.84. The van der Waals surface area contributed by atoms with Gasteiger partial charge in [-0.15, -0.1) is 0 Å². The number of aliphatic hydroxyl groups excluding tert-OH is 1. The van der Waals surface area contributed by atoms with E-state index in [0.29, 0.717) is 5.56 Å². The van der Waals surface area contributed by atoms with Crippen molar-refractivity contribution in [1.82, 2.24) is 9.55 Å². The summed E-state index contributed by atoms with van der Waals surface area (Å²) in [5, 5.41) is 11.3. The Morgan fingerprint density at radius 2 is 1.96 bits per heavy atom. The van der Waals surface area contributed by atoms with Gasteiger partial charge in [-0.3, -0.25) is 13.9 Å². The van der Waals surface area contributed by atoms with E-state index in [0.717, 1.165) is 4.57 Å². The number of carbonyl (C=O) groups is 1. The zero-order chi connectivity index (χ0) is 19.2. The standard InChI is InChI=1S/C15H18N3O7P/c19-8-9-25-13(10-26(22,23)24)18-7-6-12(17-15(18)21)16-14(20)11-4-2-1-3-5-11/h1-7,13,19H,8-10H2,(H2,22,23,24)(H,16,17,20,21)/t13-/m0/s1. The van der Waals surface area contributed by atoms with E-state index in [4.69, 9.17) is 19.6 Å². The Kier molecular flexibility index (Phi) is 6.78. The predicted octanol–water partition coefficient (Wildman–Crippen LogP) is 0.181. The molecule has 0 saturated heterocycles. The van der Waals surface area contributed by atoms with Gasteiger partial charge in [0, 0.05) is 11.8 Å². The largest absolute Gasteiger partial charge is 0.394 e. The van der Waals surface area contributed by atoms with Crippen LogP contribution in [0.5, 0.6) is 0 Å². The summed E-state index contributed by atoms with van der Waals surface area (Å²) in [6.45, 7) is -0.603. The normalized spacial score (nSPS) is 12.6. The van der Waals surface area contributed by atoms with Crippen LogP contribution < -0.4 is 11.0 Å². The Morgan fingerprint density at radius 1 is 1.27 bits per heavy atom. The quantitative estimate of drug-likeness (QED) is 0.471. The lowest BCUT2D eigenvalue weighted by molar-refractivity contribution is -0.00590. The van der Waals surface area contributed by atoms with Gasteiger partial charge in [-0.2, -0.15) is 4.98 Å². The fourth-order valence-corrected chi connectivity index (χ4v) is 2.78. The Hall–Kier alpha value is -2.36. The highest BCUT2D eigenvalue weighted by molar-refractivity contribution is 7.51. The second-order valence-electron chi connectivity index (χ2n) is 5.22. The van der Waals surface area contributed by atoms with Crippen molar-refractivity contribution in [3.05, 3.63) is 58.6 Å². The number of aromatic nitrogens is 2. The molecule has 0 radical (unpaired) electrons. The molecule has 4 N–H and O–H groups in total. The SMILES string of the molecule is O=C(Nc1ccn([C@H](CP(=O)(O)O)OCCO)c(=O)n1)c1ccccc1. The molecule has 0 bridgehead atoms. The van der Waals surface area contributed by atoms with Crippen molar-refractivity contribution in [3.8, 4) is 0 Å². The summed E-state index contributed by atoms with van der Waals surface area (Å²) in [5.41, 5.74) is -0.489. The van der Waals surface area contributed by atoms with Crippen LogP contribution in [0, 0.1) is 0 Å². The monoisotopic (exact) mass is 383 g/mol. The molecule has 0 aliphatic carbocycles. The maximum absolute atomic E-state index is 12.2. The number of anilines is 1. The summed E-state index contributed by atoms with van der Waals surface area (Å²) >= 11 is 0. The Morgan fingerprint density at radius 3 is 2.54 bits per heavy atom. The first-order chi connectivity index (χ1) is 12.3. The lowest BCUT2D eigenvalue weighted by atomic mass is 10.2. The Balaban J connectivity index is 2.20. The van der Waals surface area contributed by atoms with Crippen molar-refractivity contribution >= 4 is 19.3 Å². The molecule has 1 aromatic carbocycles. The zero-order valence-electron chi connectivity index (χ0n) is 13.6. The molecular formula is C15H18N3O7P. The molecule has 1 heterocycles. The average Bonchev–Trinajstić information content (AvgIpc) is 2.58. The number of amides is 1. The molecule has 10 nitrogen and oxygen atoms in total. The van der Waals surface area contributed by atoms with Crippen LogP contribution in [0.1, 0.15) is 16.6 Å². The lowest BCUT2D eigenvalue weighted by Crippen LogP contribution is -2.31. The third-order valence-electron chi connectivity index (χ3n) is 3.21. The van der Waals surface area contributed by atoms with Gasteiger partial charge in [0.2, 0.25) is 0 Å². The molecule has 1 amide bonds. The highest BCUT2D eigenvalue weighted by Crippen LogP contribution is 2.38. The summed E-state index contributed by atoms with van der Waals surface area (Å²) in [6.07, 6.45) is -0.861. The third-order valence-corrected chi connectivity index (χ3v) is 4.00. The van der Waals surface area contributed by atoms with E-state index >= 15 is 0 Å². The summed E-state index contributed by atoms with van der Waals surface area (Å²) < 4.78 is 17.2. The number of carbonyl (C=O) groups excluding carboxylic acids is 1. The molecule has 1 aromatic heterocycles. The lowest BCUT2D eigenvalue weighted by Gasteiger charge is -2.20. The average molecular weight is 383 g/mol. The van der Waals surface area contributed by atoms with E-state index in [1.165, 1.54) is 12.3 Å². The van der Waals surface area contributed by atoms with Gasteiger partial charge in [0.1, 0.15) is 12.0 Å². The highest BCUT2D eigenvalue weighted by atomic mass is 31.2. The Labute approximate surface area is 148 Å². The molecule has 0 aliphatic heterocycles. The first-order valence-electron chi connectivity index (χ1n) is 7.53. The molecule has 0 spiro atoms. The van der Waals surface area contributed by atoms with Gasteiger partial charge < -0.3 is 24.9 Å². The van der Waals surface area contributed by atoms with Crippen LogP contribution in [-0.4, -0.2) is 49.7 Å². The van der Waals surface area contributed by atoms with Gasteiger partial charge in [0.05, 0.1) is 19.4 Å². The number of nitrogens with zero attached hydrogens (tertiary/aromatic N) is 2. The van der Waals surface area contributed by atoms with Crippen LogP contribution in [-0.2, 0) is 9.30 Å². The van der Waals surface area contributed by atoms with Gasteiger partial charge in [0.25, 0.3) is 5.91 Å². The molecule has 140 valence electrons. The second-order valence-corrected chi connectivity index (χ2v) is 6.91. The van der Waals surface area contributed by atoms with Crippen LogP contribution in [0.15, 0.2) is 47.4 Å². The molecule has 0 saturated carbocycles. The molecule has 11 heteroatoms. The van der Waals surface area contributed by atoms with Crippen molar-refractivity contribution in [2.45, 2.75) is 6.23 Å². The number of nitrogens with one attached hydrogen (secondary N) is 1. The van der Waals surface area contributed by atoms with Crippen LogP contribution in [0.2, 0.25) is 0 Å². The maximum Gasteiger partial charge on any atom is 0.351 e. The van der Waals surface area contributed by atoms with Crippen LogP contribution in [0.25, 0.3) is 0 Å². The van der Waals surface area contributed by atoms with E-state index < -0.39 is 31.6 Å². The summed E-state index contributed by atoms with van der Waals surface area (Å²) in [6, 6.07) is 9.61. The van der Waals surface area contributed by atoms with Gasteiger partial charge in [-0.1, -0.05) is 18.2 Å². The van der Waals surface area contributed by atoms with Crippen LogP contribution in [0.4, 0.5) is 5.82 Å². The number of rotatable bonds is 8. The minimum atomic E-state index is -4.49. The summed E-state index contributed by atoms with van der Waals surface area (Å²) in [7, 11) is -4.49. The van der Waals surface area contributed by atoms with Gasteiger partial charge in [0.15, 0.2) is 0 Å². The highest BCUT2D eigenvalue weighted by Gasteiger charge is 2.25. The van der Waals surface area contributed by atoms with E-state index in [1.807, 2.05) is 0 Å². The topological polar surface area (TPSA) is 151 Å². The first kappa shape index (κ1) is 20.0. The van der Waals surface area contributed by atoms with E-state index in [2.05, 4.69) is 10.3 Å². The first-order valence-corrected chi connectivity index (χ1v) is 9.32.